The van der Waals surface area contributed by atoms with Crippen LogP contribution in [0.2, 0.25) is 0 Å². The number of methoxy groups -OCH3 is 1. The number of fused-ring (bicyclic) bond motifs is 1. The third-order valence-electron chi connectivity index (χ3n) is 5.82. The number of nitrogens with zero attached hydrogens (tertiary/aromatic N) is 1. The summed E-state index contributed by atoms with van der Waals surface area (Å²) in [4.78, 5) is 25.3. The van der Waals surface area contributed by atoms with E-state index in [1.165, 1.54) is 23.5 Å². The molecule has 1 amide bonds. The summed E-state index contributed by atoms with van der Waals surface area (Å²) >= 11 is 0. The summed E-state index contributed by atoms with van der Waals surface area (Å²) in [5.41, 5.74) is 2.20. The smallest absolute Gasteiger partial charge is 0.308 e. The Kier molecular flexibility index (Phi) is 7.48. The summed E-state index contributed by atoms with van der Waals surface area (Å²) in [6, 6.07) is 21.7. The van der Waals surface area contributed by atoms with Crippen LogP contribution in [0.4, 0.5) is 5.69 Å². The number of hydrogen-bond donors (Lipinski definition) is 1. The van der Waals surface area contributed by atoms with Crippen LogP contribution in [-0.4, -0.2) is 44.9 Å². The summed E-state index contributed by atoms with van der Waals surface area (Å²) in [7, 11) is -2.36. The average molecular weight is 495 g/mol. The van der Waals surface area contributed by atoms with E-state index in [0.29, 0.717) is 17.9 Å². The fourth-order valence-corrected chi connectivity index (χ4v) is 5.78. The van der Waals surface area contributed by atoms with E-state index in [1.807, 2.05) is 24.3 Å². The first kappa shape index (κ1) is 24.4. The Morgan fingerprint density at radius 3 is 2.43 bits per heavy atom. The number of nitrogens with one attached hydrogen (secondary N) is 1. The van der Waals surface area contributed by atoms with Crippen molar-refractivity contribution in [3.8, 4) is 5.75 Å². The van der Waals surface area contributed by atoms with Crippen LogP contribution < -0.4 is 10.1 Å². The number of esters is 1. The van der Waals surface area contributed by atoms with Gasteiger partial charge >= 0.3 is 5.97 Å². The molecule has 1 atom stereocenters. The number of carbonyl (C=O) groups excluding carboxylic acids is 2. The van der Waals surface area contributed by atoms with Crippen LogP contribution in [0.15, 0.2) is 83.8 Å². The van der Waals surface area contributed by atoms with Crippen molar-refractivity contribution in [2.24, 2.45) is 0 Å². The van der Waals surface area contributed by atoms with Crippen molar-refractivity contribution in [1.82, 2.24) is 4.31 Å². The number of sulfonamides is 1. The van der Waals surface area contributed by atoms with Crippen LogP contribution in [0, 0.1) is 0 Å². The van der Waals surface area contributed by atoms with Crippen molar-refractivity contribution >= 4 is 27.6 Å². The van der Waals surface area contributed by atoms with Crippen molar-refractivity contribution in [2.45, 2.75) is 23.8 Å². The van der Waals surface area contributed by atoms with Gasteiger partial charge in [0.1, 0.15) is 5.75 Å². The molecule has 0 saturated heterocycles. The van der Waals surface area contributed by atoms with Gasteiger partial charge in [0.05, 0.1) is 30.2 Å². The molecule has 1 aliphatic rings. The second-order valence-corrected chi connectivity index (χ2v) is 9.90. The van der Waals surface area contributed by atoms with Gasteiger partial charge in [-0.3, -0.25) is 9.59 Å². The zero-order valence-corrected chi connectivity index (χ0v) is 20.0. The van der Waals surface area contributed by atoms with Crippen LogP contribution in [0.3, 0.4) is 0 Å². The van der Waals surface area contributed by atoms with Gasteiger partial charge in [0.15, 0.2) is 6.61 Å². The number of para-hydroxylation sites is 2. The van der Waals surface area contributed by atoms with Gasteiger partial charge < -0.3 is 14.8 Å². The third kappa shape index (κ3) is 5.52. The zero-order valence-electron chi connectivity index (χ0n) is 19.2. The molecule has 4 rings (SSSR count). The molecule has 0 spiro atoms. The number of carbonyl (C=O) groups is 2. The van der Waals surface area contributed by atoms with Gasteiger partial charge in [0.25, 0.3) is 5.91 Å². The minimum absolute atomic E-state index is 0.161. The maximum Gasteiger partial charge on any atom is 0.308 e. The SMILES string of the molecule is COc1ccccc1NC(=O)COC(=O)C[C@@H]1c2ccccc2CCN1S(=O)(=O)c1ccccc1. The summed E-state index contributed by atoms with van der Waals surface area (Å²) in [6.45, 7) is -0.267. The molecule has 1 aliphatic heterocycles. The molecule has 182 valence electrons. The highest BCUT2D eigenvalue weighted by Crippen LogP contribution is 2.36. The van der Waals surface area contributed by atoms with Crippen molar-refractivity contribution in [3.05, 3.63) is 90.0 Å². The Balaban J connectivity index is 1.48. The first-order chi connectivity index (χ1) is 16.9. The van der Waals surface area contributed by atoms with Gasteiger partial charge in [-0.15, -0.1) is 0 Å². The van der Waals surface area contributed by atoms with Crippen molar-refractivity contribution in [3.63, 3.8) is 0 Å². The van der Waals surface area contributed by atoms with E-state index in [-0.39, 0.29) is 17.9 Å². The van der Waals surface area contributed by atoms with Gasteiger partial charge in [0.2, 0.25) is 10.0 Å². The first-order valence-electron chi connectivity index (χ1n) is 11.1. The maximum atomic E-state index is 13.4. The summed E-state index contributed by atoms with van der Waals surface area (Å²) in [6.07, 6.45) is 0.320. The molecule has 0 aliphatic carbocycles. The number of anilines is 1. The molecule has 0 unspecified atom stereocenters. The second kappa shape index (κ2) is 10.7. The molecule has 0 bridgehead atoms. The quantitative estimate of drug-likeness (QED) is 0.481. The fraction of sp³-hybridized carbons (Fsp3) is 0.231. The van der Waals surface area contributed by atoms with Crippen LogP contribution in [0.5, 0.6) is 5.75 Å². The Hall–Kier alpha value is -3.69. The molecule has 9 heteroatoms. The molecule has 3 aromatic rings. The van der Waals surface area contributed by atoms with E-state index >= 15 is 0 Å². The average Bonchev–Trinajstić information content (AvgIpc) is 2.88. The molecule has 1 N–H and O–H groups in total. The van der Waals surface area contributed by atoms with Crippen LogP contribution in [0.1, 0.15) is 23.6 Å². The van der Waals surface area contributed by atoms with Crippen LogP contribution in [0.25, 0.3) is 0 Å². The van der Waals surface area contributed by atoms with Crippen molar-refractivity contribution < 1.29 is 27.5 Å². The molecule has 0 radical (unpaired) electrons. The highest BCUT2D eigenvalue weighted by Gasteiger charge is 2.37. The zero-order chi connectivity index (χ0) is 24.8. The molecule has 0 aromatic heterocycles. The van der Waals surface area contributed by atoms with E-state index in [0.717, 1.165) is 11.1 Å². The Labute approximate surface area is 204 Å². The molecule has 35 heavy (non-hydrogen) atoms. The lowest BCUT2D eigenvalue weighted by atomic mass is 9.92. The van der Waals surface area contributed by atoms with Gasteiger partial charge in [-0.2, -0.15) is 4.31 Å². The van der Waals surface area contributed by atoms with Gasteiger partial charge in [-0.05, 0) is 41.8 Å². The first-order valence-corrected chi connectivity index (χ1v) is 12.6. The van der Waals surface area contributed by atoms with Gasteiger partial charge in [0, 0.05) is 6.54 Å². The van der Waals surface area contributed by atoms with E-state index in [9.17, 15) is 18.0 Å². The monoisotopic (exact) mass is 494 g/mol. The Bertz CT molecular complexity index is 1310. The van der Waals surface area contributed by atoms with Gasteiger partial charge in [-0.25, -0.2) is 8.42 Å². The van der Waals surface area contributed by atoms with Crippen molar-refractivity contribution in [1.29, 1.82) is 0 Å². The number of rotatable bonds is 8. The summed E-state index contributed by atoms with van der Waals surface area (Å²) in [5.74, 6) is -0.719. The molecule has 1 heterocycles. The number of hydrogen-bond acceptors (Lipinski definition) is 6. The van der Waals surface area contributed by atoms with E-state index in [2.05, 4.69) is 5.32 Å². The predicted octanol–water partition coefficient (Wildman–Crippen LogP) is 3.56. The van der Waals surface area contributed by atoms with Crippen LogP contribution in [-0.2, 0) is 30.8 Å². The standard InChI is InChI=1S/C26H26N2O6S/c1-33-24-14-8-7-13-22(24)27-25(29)18-34-26(30)17-23-21-12-6-5-9-19(21)15-16-28(23)35(31,32)20-10-3-2-4-11-20/h2-14,23H,15-18H2,1H3,(H,27,29)/t23-/m1/s1. The molecular formula is C26H26N2O6S. The van der Waals surface area contributed by atoms with E-state index < -0.39 is 34.5 Å². The molecule has 0 saturated carbocycles. The van der Waals surface area contributed by atoms with Crippen molar-refractivity contribution in [2.75, 3.05) is 25.6 Å². The summed E-state index contributed by atoms with van der Waals surface area (Å²) in [5, 5.41) is 2.64. The molecule has 0 fully saturated rings. The number of amides is 1. The topological polar surface area (TPSA) is 102 Å². The highest BCUT2D eigenvalue weighted by molar-refractivity contribution is 7.89. The largest absolute Gasteiger partial charge is 0.495 e. The lowest BCUT2D eigenvalue weighted by Crippen LogP contribution is -2.41. The van der Waals surface area contributed by atoms with Crippen LogP contribution >= 0.6 is 0 Å². The van der Waals surface area contributed by atoms with E-state index in [1.54, 1.807) is 42.5 Å². The second-order valence-electron chi connectivity index (χ2n) is 8.01. The molecule has 3 aromatic carbocycles. The fourth-order valence-electron chi connectivity index (χ4n) is 4.15. The van der Waals surface area contributed by atoms with Gasteiger partial charge in [-0.1, -0.05) is 54.6 Å². The normalized spacial score (nSPS) is 15.6. The Morgan fingerprint density at radius 1 is 0.971 bits per heavy atom. The predicted molar refractivity (Wildman–Crippen MR) is 130 cm³/mol. The number of benzene rings is 3. The highest BCUT2D eigenvalue weighted by atomic mass is 32.2. The third-order valence-corrected chi connectivity index (χ3v) is 7.74. The lowest BCUT2D eigenvalue weighted by Gasteiger charge is -2.36. The molecular weight excluding hydrogens is 468 g/mol. The minimum Gasteiger partial charge on any atom is -0.495 e. The number of ether oxygens (including phenoxy) is 2. The summed E-state index contributed by atoms with van der Waals surface area (Å²) < 4.78 is 38.6. The Morgan fingerprint density at radius 2 is 1.66 bits per heavy atom. The maximum absolute atomic E-state index is 13.4. The lowest BCUT2D eigenvalue weighted by molar-refractivity contribution is -0.148. The van der Waals surface area contributed by atoms with E-state index in [4.69, 9.17) is 9.47 Å². The minimum atomic E-state index is -3.85. The molecule has 8 nitrogen and oxygen atoms in total.